The third-order valence-electron chi connectivity index (χ3n) is 5.19. The van der Waals surface area contributed by atoms with E-state index in [4.69, 9.17) is 5.26 Å². The van der Waals surface area contributed by atoms with Gasteiger partial charge in [0.2, 0.25) is 0 Å². The number of likely N-dealkylation sites (N-methyl/N-ethyl adjacent to an activating group) is 1. The fourth-order valence-electron chi connectivity index (χ4n) is 3.72. The lowest BCUT2D eigenvalue weighted by Gasteiger charge is -2.49. The molecule has 0 spiro atoms. The quantitative estimate of drug-likeness (QED) is 0.910. The number of benzene rings is 1. The van der Waals surface area contributed by atoms with Crippen LogP contribution in [0.3, 0.4) is 0 Å². The number of pyridine rings is 1. The Bertz CT molecular complexity index is 814. The van der Waals surface area contributed by atoms with E-state index >= 15 is 0 Å². The first-order valence-corrected chi connectivity index (χ1v) is 8.55. The van der Waals surface area contributed by atoms with Gasteiger partial charge in [-0.25, -0.2) is 4.98 Å². The summed E-state index contributed by atoms with van der Waals surface area (Å²) in [6.07, 6.45) is 1.32. The molecule has 0 bridgehead atoms. The van der Waals surface area contributed by atoms with E-state index in [0.717, 1.165) is 5.56 Å². The van der Waals surface area contributed by atoms with Crippen LogP contribution in [0.2, 0.25) is 0 Å². The standard InChI is InChI=1S/C20H22N4O2/c1-23(2)20(16-6-4-3-5-7-16)10-11-24(14-18(20)25)19(26)15-8-9-17(12-21)22-13-15/h3-9,13,18,25H,10-11,14H2,1-2H3/t18-,20+/m1/s1. The van der Waals surface area contributed by atoms with Gasteiger partial charge in [-0.05, 0) is 38.2 Å². The molecule has 0 radical (unpaired) electrons. The highest BCUT2D eigenvalue weighted by Gasteiger charge is 2.46. The zero-order valence-electron chi connectivity index (χ0n) is 15.0. The monoisotopic (exact) mass is 350 g/mol. The van der Waals surface area contributed by atoms with E-state index in [9.17, 15) is 9.90 Å². The average Bonchev–Trinajstić information content (AvgIpc) is 2.68. The molecule has 2 atom stereocenters. The first-order chi connectivity index (χ1) is 12.5. The van der Waals surface area contributed by atoms with Gasteiger partial charge in [-0.2, -0.15) is 5.26 Å². The normalized spacial score (nSPS) is 22.9. The Hall–Kier alpha value is -2.75. The Morgan fingerprint density at radius 3 is 2.58 bits per heavy atom. The van der Waals surface area contributed by atoms with Crippen molar-refractivity contribution in [3.05, 3.63) is 65.5 Å². The van der Waals surface area contributed by atoms with Gasteiger partial charge in [0.05, 0.1) is 17.2 Å². The summed E-state index contributed by atoms with van der Waals surface area (Å²) in [5.41, 5.74) is 1.22. The maximum absolute atomic E-state index is 12.7. The largest absolute Gasteiger partial charge is 0.389 e. The third kappa shape index (κ3) is 3.07. The Labute approximate surface area is 153 Å². The number of nitriles is 1. The smallest absolute Gasteiger partial charge is 0.255 e. The molecule has 0 aliphatic carbocycles. The van der Waals surface area contributed by atoms with Crippen molar-refractivity contribution in [3.63, 3.8) is 0 Å². The van der Waals surface area contributed by atoms with Gasteiger partial charge in [-0.3, -0.25) is 9.69 Å². The number of amides is 1. The number of β-amino-alcohol motifs (C(OH)–C–C–N with tert-alkyl or cyclic N) is 1. The SMILES string of the molecule is CN(C)[C@]1(c2ccccc2)CCN(C(=O)c2ccc(C#N)nc2)C[C@H]1O. The number of aromatic nitrogens is 1. The van der Waals surface area contributed by atoms with Gasteiger partial charge in [0.1, 0.15) is 11.8 Å². The summed E-state index contributed by atoms with van der Waals surface area (Å²) in [5, 5.41) is 19.8. The topological polar surface area (TPSA) is 80.5 Å². The van der Waals surface area contributed by atoms with Crippen molar-refractivity contribution in [1.82, 2.24) is 14.8 Å². The van der Waals surface area contributed by atoms with E-state index in [1.807, 2.05) is 55.4 Å². The molecule has 1 fully saturated rings. The van der Waals surface area contributed by atoms with Crippen LogP contribution in [0.4, 0.5) is 0 Å². The van der Waals surface area contributed by atoms with Crippen molar-refractivity contribution in [3.8, 4) is 6.07 Å². The zero-order chi connectivity index (χ0) is 18.7. The number of carbonyl (C=O) groups excluding carboxylic acids is 1. The molecule has 6 nitrogen and oxygen atoms in total. The number of piperidine rings is 1. The Balaban J connectivity index is 1.82. The van der Waals surface area contributed by atoms with Crippen molar-refractivity contribution < 1.29 is 9.90 Å². The maximum Gasteiger partial charge on any atom is 0.255 e. The second kappa shape index (κ2) is 7.24. The molecule has 0 unspecified atom stereocenters. The minimum atomic E-state index is -0.719. The fourth-order valence-corrected chi connectivity index (χ4v) is 3.72. The van der Waals surface area contributed by atoms with E-state index in [-0.39, 0.29) is 18.1 Å². The minimum Gasteiger partial charge on any atom is -0.389 e. The molecule has 6 heteroatoms. The molecule has 1 aliphatic rings. The Morgan fingerprint density at radius 1 is 1.31 bits per heavy atom. The molecule has 1 amide bonds. The van der Waals surface area contributed by atoms with Crippen molar-refractivity contribution in [2.24, 2.45) is 0 Å². The van der Waals surface area contributed by atoms with E-state index < -0.39 is 11.6 Å². The zero-order valence-corrected chi connectivity index (χ0v) is 15.0. The molecule has 1 aromatic heterocycles. The van der Waals surface area contributed by atoms with Gasteiger partial charge in [-0.1, -0.05) is 30.3 Å². The molecule has 0 saturated carbocycles. The highest BCUT2D eigenvalue weighted by Crippen LogP contribution is 2.37. The molecule has 3 rings (SSSR count). The second-order valence-corrected chi connectivity index (χ2v) is 6.75. The van der Waals surface area contributed by atoms with Crippen molar-refractivity contribution in [2.45, 2.75) is 18.1 Å². The predicted molar refractivity (Wildman–Crippen MR) is 97.3 cm³/mol. The molecule has 2 heterocycles. The number of likely N-dealkylation sites (tertiary alicyclic amines) is 1. The molecule has 134 valence electrons. The van der Waals surface area contributed by atoms with Crippen LogP contribution >= 0.6 is 0 Å². The Kier molecular flexibility index (Phi) is 5.03. The summed E-state index contributed by atoms with van der Waals surface area (Å²) >= 11 is 0. The van der Waals surface area contributed by atoms with E-state index in [0.29, 0.717) is 18.5 Å². The molecule has 2 aromatic rings. The van der Waals surface area contributed by atoms with Gasteiger partial charge in [0.25, 0.3) is 5.91 Å². The van der Waals surface area contributed by atoms with Crippen LogP contribution in [-0.2, 0) is 5.54 Å². The van der Waals surface area contributed by atoms with Crippen LogP contribution in [0, 0.1) is 11.3 Å². The second-order valence-electron chi connectivity index (χ2n) is 6.75. The average molecular weight is 350 g/mol. The summed E-state index contributed by atoms with van der Waals surface area (Å²) in [4.78, 5) is 20.4. The van der Waals surface area contributed by atoms with Crippen LogP contribution in [-0.4, -0.2) is 59.1 Å². The molecular weight excluding hydrogens is 328 g/mol. The summed E-state index contributed by atoms with van der Waals surface area (Å²) in [6, 6.07) is 15.0. The van der Waals surface area contributed by atoms with Crippen molar-refractivity contribution >= 4 is 5.91 Å². The van der Waals surface area contributed by atoms with Crippen LogP contribution in [0.15, 0.2) is 48.7 Å². The molecule has 1 N–H and O–H groups in total. The van der Waals surface area contributed by atoms with Gasteiger partial charge in [0.15, 0.2) is 0 Å². The molecule has 1 aliphatic heterocycles. The summed E-state index contributed by atoms with van der Waals surface area (Å²) in [7, 11) is 3.91. The lowest BCUT2D eigenvalue weighted by Crippen LogP contribution is -2.60. The van der Waals surface area contributed by atoms with Gasteiger partial charge >= 0.3 is 0 Å². The number of rotatable bonds is 3. The Morgan fingerprint density at radius 2 is 2.04 bits per heavy atom. The summed E-state index contributed by atoms with van der Waals surface area (Å²) in [5.74, 6) is -0.179. The number of aliphatic hydroxyl groups excluding tert-OH is 1. The summed E-state index contributed by atoms with van der Waals surface area (Å²) in [6.45, 7) is 0.773. The minimum absolute atomic E-state index is 0.179. The van der Waals surface area contributed by atoms with E-state index in [1.54, 1.807) is 11.0 Å². The first kappa shape index (κ1) is 18.1. The number of hydrogen-bond donors (Lipinski definition) is 1. The molecule has 26 heavy (non-hydrogen) atoms. The number of nitrogens with zero attached hydrogens (tertiary/aromatic N) is 4. The predicted octanol–water partition coefficient (Wildman–Crippen LogP) is 1.62. The molecule has 1 saturated heterocycles. The van der Waals surface area contributed by atoms with Crippen LogP contribution in [0.5, 0.6) is 0 Å². The molecule has 1 aromatic carbocycles. The maximum atomic E-state index is 12.7. The van der Waals surface area contributed by atoms with Gasteiger partial charge in [0, 0.05) is 19.3 Å². The van der Waals surface area contributed by atoms with Gasteiger partial charge < -0.3 is 10.0 Å². The van der Waals surface area contributed by atoms with Crippen LogP contribution in [0.25, 0.3) is 0 Å². The van der Waals surface area contributed by atoms with Crippen LogP contribution in [0.1, 0.15) is 28.0 Å². The molecular formula is C20H22N4O2. The number of hydrogen-bond acceptors (Lipinski definition) is 5. The highest BCUT2D eigenvalue weighted by molar-refractivity contribution is 5.94. The third-order valence-corrected chi connectivity index (χ3v) is 5.19. The van der Waals surface area contributed by atoms with Crippen LogP contribution < -0.4 is 0 Å². The lowest BCUT2D eigenvalue weighted by molar-refractivity contribution is -0.0612. The van der Waals surface area contributed by atoms with Crippen molar-refractivity contribution in [2.75, 3.05) is 27.2 Å². The number of aliphatic hydroxyl groups is 1. The van der Waals surface area contributed by atoms with Crippen molar-refractivity contribution in [1.29, 1.82) is 5.26 Å². The number of carbonyl (C=O) groups is 1. The summed E-state index contributed by atoms with van der Waals surface area (Å²) < 4.78 is 0. The van der Waals surface area contributed by atoms with E-state index in [2.05, 4.69) is 4.98 Å². The fraction of sp³-hybridized carbons (Fsp3) is 0.350. The highest BCUT2D eigenvalue weighted by atomic mass is 16.3. The lowest BCUT2D eigenvalue weighted by atomic mass is 9.77. The van der Waals surface area contributed by atoms with Gasteiger partial charge in [-0.15, -0.1) is 0 Å². The van der Waals surface area contributed by atoms with E-state index in [1.165, 1.54) is 12.3 Å². The first-order valence-electron chi connectivity index (χ1n) is 8.55.